The number of hydrogen-bond acceptors (Lipinski definition) is 3. The summed E-state index contributed by atoms with van der Waals surface area (Å²) >= 11 is 0. The van der Waals surface area contributed by atoms with Crippen molar-refractivity contribution in [1.82, 2.24) is 5.32 Å². The summed E-state index contributed by atoms with van der Waals surface area (Å²) in [5.41, 5.74) is 6.61. The third kappa shape index (κ3) is 4.58. The first-order valence-corrected chi connectivity index (χ1v) is 5.84. The van der Waals surface area contributed by atoms with E-state index in [0.29, 0.717) is 24.3 Å². The van der Waals surface area contributed by atoms with Crippen molar-refractivity contribution < 1.29 is 9.53 Å². The summed E-state index contributed by atoms with van der Waals surface area (Å²) in [6, 6.07) is 7.23. The molecule has 3 N–H and O–H groups in total. The number of methoxy groups -OCH3 is 1. The molecule has 1 aromatic rings. The van der Waals surface area contributed by atoms with Crippen LogP contribution in [0.2, 0.25) is 0 Å². The molecule has 4 nitrogen and oxygen atoms in total. The fraction of sp³-hybridized carbons (Fsp3) is 0.357. The first-order chi connectivity index (χ1) is 8.79. The van der Waals surface area contributed by atoms with E-state index < -0.39 is 0 Å². The van der Waals surface area contributed by atoms with Gasteiger partial charge in [-0.2, -0.15) is 0 Å². The highest BCUT2D eigenvalue weighted by Crippen LogP contribution is 2.06. The maximum Gasteiger partial charge on any atom is 0.252 e. The van der Waals surface area contributed by atoms with Gasteiger partial charge in [-0.25, -0.2) is 0 Å². The van der Waals surface area contributed by atoms with Gasteiger partial charge in [-0.15, -0.1) is 0 Å². The van der Waals surface area contributed by atoms with Gasteiger partial charge < -0.3 is 15.8 Å². The fourth-order valence-corrected chi connectivity index (χ4v) is 1.45. The smallest absolute Gasteiger partial charge is 0.252 e. The number of amides is 1. The van der Waals surface area contributed by atoms with Crippen LogP contribution in [0.4, 0.5) is 0 Å². The van der Waals surface area contributed by atoms with E-state index in [1.54, 1.807) is 13.2 Å². The molecule has 0 aliphatic heterocycles. The number of nitrogens with two attached hydrogens (primary N) is 1. The summed E-state index contributed by atoms with van der Waals surface area (Å²) in [6.45, 7) is 1.50. The number of hydrogen-bond donors (Lipinski definition) is 2. The second-order valence-corrected chi connectivity index (χ2v) is 3.65. The molecule has 0 saturated carbocycles. The summed E-state index contributed by atoms with van der Waals surface area (Å²) in [4.78, 5) is 11.9. The van der Waals surface area contributed by atoms with Gasteiger partial charge in [0.25, 0.3) is 5.91 Å². The van der Waals surface area contributed by atoms with Gasteiger partial charge in [-0.05, 0) is 18.6 Å². The van der Waals surface area contributed by atoms with E-state index in [9.17, 15) is 4.79 Å². The Bertz CT molecular complexity index is 447. The minimum Gasteiger partial charge on any atom is -0.385 e. The molecule has 1 rings (SSSR count). The zero-order chi connectivity index (χ0) is 13.2. The minimum absolute atomic E-state index is 0.118. The molecule has 0 aliphatic carbocycles. The molecule has 0 aromatic heterocycles. The third-order valence-electron chi connectivity index (χ3n) is 2.31. The molecular weight excluding hydrogens is 228 g/mol. The van der Waals surface area contributed by atoms with Gasteiger partial charge in [-0.1, -0.05) is 24.0 Å². The van der Waals surface area contributed by atoms with Gasteiger partial charge in [0, 0.05) is 25.8 Å². The van der Waals surface area contributed by atoms with Crippen molar-refractivity contribution in [2.24, 2.45) is 5.73 Å². The minimum atomic E-state index is -0.118. The highest BCUT2D eigenvalue weighted by Gasteiger charge is 2.08. The molecule has 0 fully saturated rings. The van der Waals surface area contributed by atoms with Crippen LogP contribution in [0, 0.1) is 11.8 Å². The molecule has 18 heavy (non-hydrogen) atoms. The summed E-state index contributed by atoms with van der Waals surface area (Å²) in [5.74, 6) is 5.53. The Labute approximate surface area is 108 Å². The monoisotopic (exact) mass is 246 g/mol. The number of carbonyl (C=O) groups is 1. The summed E-state index contributed by atoms with van der Waals surface area (Å²) in [7, 11) is 1.64. The Balaban J connectivity index is 2.67. The zero-order valence-electron chi connectivity index (χ0n) is 10.5. The number of nitrogens with one attached hydrogen (secondary N) is 1. The molecule has 0 aliphatic rings. The summed E-state index contributed by atoms with van der Waals surface area (Å²) < 4.78 is 4.92. The quantitative estimate of drug-likeness (QED) is 0.595. The Morgan fingerprint density at radius 2 is 2.22 bits per heavy atom. The van der Waals surface area contributed by atoms with E-state index in [1.807, 2.05) is 18.2 Å². The molecule has 0 radical (unpaired) electrons. The molecule has 0 spiro atoms. The van der Waals surface area contributed by atoms with Crippen molar-refractivity contribution in [3.63, 3.8) is 0 Å². The fourth-order valence-electron chi connectivity index (χ4n) is 1.45. The van der Waals surface area contributed by atoms with Crippen LogP contribution in [0.15, 0.2) is 24.3 Å². The van der Waals surface area contributed by atoms with E-state index >= 15 is 0 Å². The third-order valence-corrected chi connectivity index (χ3v) is 2.31. The Kier molecular flexibility index (Phi) is 6.55. The normalized spacial score (nSPS) is 9.44. The van der Waals surface area contributed by atoms with Crippen molar-refractivity contribution in [1.29, 1.82) is 0 Å². The number of rotatable bonds is 5. The SMILES string of the molecule is COCCCNC(=O)c1ccccc1C#CCN. The lowest BCUT2D eigenvalue weighted by molar-refractivity contribution is 0.0948. The molecule has 1 amide bonds. The van der Waals surface area contributed by atoms with Crippen LogP contribution < -0.4 is 11.1 Å². The highest BCUT2D eigenvalue weighted by atomic mass is 16.5. The van der Waals surface area contributed by atoms with Crippen LogP contribution in [-0.2, 0) is 4.74 Å². The average molecular weight is 246 g/mol. The largest absolute Gasteiger partial charge is 0.385 e. The lowest BCUT2D eigenvalue weighted by atomic mass is 10.1. The lowest BCUT2D eigenvalue weighted by Gasteiger charge is -2.06. The van der Waals surface area contributed by atoms with Crippen molar-refractivity contribution in [2.45, 2.75) is 6.42 Å². The van der Waals surface area contributed by atoms with Gasteiger partial charge in [0.15, 0.2) is 0 Å². The molecule has 96 valence electrons. The van der Waals surface area contributed by atoms with Crippen LogP contribution in [0.25, 0.3) is 0 Å². The number of carbonyl (C=O) groups excluding carboxylic acids is 1. The van der Waals surface area contributed by atoms with Crippen LogP contribution in [-0.4, -0.2) is 32.7 Å². The van der Waals surface area contributed by atoms with Crippen molar-refractivity contribution in [2.75, 3.05) is 26.8 Å². The molecule has 0 bridgehead atoms. The van der Waals surface area contributed by atoms with Gasteiger partial charge >= 0.3 is 0 Å². The standard InChI is InChI=1S/C14H18N2O2/c1-18-11-5-10-16-14(17)13-8-3-2-6-12(13)7-4-9-15/h2-3,6,8H,5,9-11,15H2,1H3,(H,16,17). The van der Waals surface area contributed by atoms with E-state index in [0.717, 1.165) is 6.42 Å². The van der Waals surface area contributed by atoms with Crippen LogP contribution in [0.5, 0.6) is 0 Å². The molecule has 0 atom stereocenters. The zero-order valence-corrected chi connectivity index (χ0v) is 10.5. The molecular formula is C14H18N2O2. The van der Waals surface area contributed by atoms with Crippen LogP contribution in [0.1, 0.15) is 22.3 Å². The van der Waals surface area contributed by atoms with Crippen molar-refractivity contribution >= 4 is 5.91 Å². The molecule has 0 saturated heterocycles. The molecule has 1 aromatic carbocycles. The Hall–Kier alpha value is -1.83. The lowest BCUT2D eigenvalue weighted by Crippen LogP contribution is -2.25. The highest BCUT2D eigenvalue weighted by molar-refractivity contribution is 5.96. The van der Waals surface area contributed by atoms with Crippen molar-refractivity contribution in [3.8, 4) is 11.8 Å². The second-order valence-electron chi connectivity index (χ2n) is 3.65. The van der Waals surface area contributed by atoms with E-state index in [2.05, 4.69) is 17.2 Å². The van der Waals surface area contributed by atoms with E-state index in [-0.39, 0.29) is 12.5 Å². The summed E-state index contributed by atoms with van der Waals surface area (Å²) in [6.07, 6.45) is 0.791. The van der Waals surface area contributed by atoms with Crippen molar-refractivity contribution in [3.05, 3.63) is 35.4 Å². The number of benzene rings is 1. The number of ether oxygens (including phenoxy) is 1. The van der Waals surface area contributed by atoms with Crippen LogP contribution >= 0.6 is 0 Å². The van der Waals surface area contributed by atoms with Gasteiger partial charge in [0.2, 0.25) is 0 Å². The molecule has 4 heteroatoms. The maximum atomic E-state index is 11.9. The predicted octanol–water partition coefficient (Wildman–Crippen LogP) is 0.763. The first kappa shape index (κ1) is 14.2. The van der Waals surface area contributed by atoms with Gasteiger partial charge in [0.1, 0.15) is 0 Å². The van der Waals surface area contributed by atoms with E-state index in [1.165, 1.54) is 0 Å². The molecule has 0 unspecified atom stereocenters. The van der Waals surface area contributed by atoms with E-state index in [4.69, 9.17) is 10.5 Å². The molecule has 0 heterocycles. The topological polar surface area (TPSA) is 64.3 Å². The van der Waals surface area contributed by atoms with Gasteiger partial charge in [0.05, 0.1) is 12.1 Å². The first-order valence-electron chi connectivity index (χ1n) is 5.84. The van der Waals surface area contributed by atoms with Crippen LogP contribution in [0.3, 0.4) is 0 Å². The second kappa shape index (κ2) is 8.29. The van der Waals surface area contributed by atoms with Gasteiger partial charge in [-0.3, -0.25) is 4.79 Å². The predicted molar refractivity (Wildman–Crippen MR) is 71.2 cm³/mol. The Morgan fingerprint density at radius 3 is 2.94 bits per heavy atom. The Morgan fingerprint density at radius 1 is 1.44 bits per heavy atom. The summed E-state index contributed by atoms with van der Waals surface area (Å²) in [5, 5.41) is 2.83. The maximum absolute atomic E-state index is 11.9. The average Bonchev–Trinajstić information content (AvgIpc) is 2.41.